The van der Waals surface area contributed by atoms with E-state index in [-0.39, 0.29) is 18.0 Å². The molecule has 1 fully saturated rings. The van der Waals surface area contributed by atoms with Crippen LogP contribution >= 0.6 is 0 Å². The van der Waals surface area contributed by atoms with E-state index >= 15 is 0 Å². The SMILES string of the molecule is CC(C)C(C)C(=O)OCC1CO1. The maximum Gasteiger partial charge on any atom is 0.309 e. The van der Waals surface area contributed by atoms with Crippen molar-refractivity contribution >= 4 is 5.97 Å². The van der Waals surface area contributed by atoms with E-state index in [1.54, 1.807) is 0 Å². The van der Waals surface area contributed by atoms with Crippen molar-refractivity contribution in [1.82, 2.24) is 0 Å². The number of rotatable bonds is 4. The molecule has 70 valence electrons. The first-order chi connectivity index (χ1) is 5.61. The van der Waals surface area contributed by atoms with Crippen molar-refractivity contribution in [3.05, 3.63) is 0 Å². The summed E-state index contributed by atoms with van der Waals surface area (Å²) in [7, 11) is 0. The molecule has 0 aromatic heterocycles. The lowest BCUT2D eigenvalue weighted by Crippen LogP contribution is -2.21. The van der Waals surface area contributed by atoms with Gasteiger partial charge in [0.1, 0.15) is 12.7 Å². The summed E-state index contributed by atoms with van der Waals surface area (Å²) < 4.78 is 9.95. The van der Waals surface area contributed by atoms with E-state index in [1.807, 2.05) is 20.8 Å². The summed E-state index contributed by atoms with van der Waals surface area (Å²) in [4.78, 5) is 11.2. The van der Waals surface area contributed by atoms with Gasteiger partial charge in [-0.15, -0.1) is 0 Å². The number of hydrogen-bond donors (Lipinski definition) is 0. The predicted octanol–water partition coefficient (Wildman–Crippen LogP) is 1.22. The molecule has 0 bridgehead atoms. The zero-order chi connectivity index (χ0) is 9.14. The van der Waals surface area contributed by atoms with Gasteiger partial charge in [-0.25, -0.2) is 0 Å². The lowest BCUT2D eigenvalue weighted by molar-refractivity contribution is -0.149. The zero-order valence-corrected chi connectivity index (χ0v) is 7.87. The minimum Gasteiger partial charge on any atom is -0.463 e. The molecule has 3 heteroatoms. The second kappa shape index (κ2) is 3.90. The third kappa shape index (κ3) is 2.81. The van der Waals surface area contributed by atoms with Crippen LogP contribution in [0.25, 0.3) is 0 Å². The summed E-state index contributed by atoms with van der Waals surface area (Å²) in [5.41, 5.74) is 0. The van der Waals surface area contributed by atoms with Crippen LogP contribution in [0.1, 0.15) is 20.8 Å². The Morgan fingerprint density at radius 2 is 2.17 bits per heavy atom. The highest BCUT2D eigenvalue weighted by Gasteiger charge is 2.26. The maximum atomic E-state index is 11.2. The number of carbonyl (C=O) groups excluding carboxylic acids is 1. The number of ether oxygens (including phenoxy) is 2. The van der Waals surface area contributed by atoms with Gasteiger partial charge in [0.25, 0.3) is 0 Å². The Labute approximate surface area is 73.0 Å². The van der Waals surface area contributed by atoms with Crippen LogP contribution in [0.2, 0.25) is 0 Å². The normalized spacial score (nSPS) is 23.8. The van der Waals surface area contributed by atoms with Crippen LogP contribution < -0.4 is 0 Å². The fourth-order valence-electron chi connectivity index (χ4n) is 0.743. The summed E-state index contributed by atoms with van der Waals surface area (Å²) in [6.07, 6.45) is 0.174. The highest BCUT2D eigenvalue weighted by molar-refractivity contribution is 5.72. The van der Waals surface area contributed by atoms with E-state index < -0.39 is 0 Å². The third-order valence-electron chi connectivity index (χ3n) is 2.19. The average Bonchev–Trinajstić information content (AvgIpc) is 2.81. The Morgan fingerprint density at radius 3 is 2.58 bits per heavy atom. The quantitative estimate of drug-likeness (QED) is 0.472. The summed E-state index contributed by atoms with van der Waals surface area (Å²) in [6, 6.07) is 0. The first kappa shape index (κ1) is 9.52. The molecule has 12 heavy (non-hydrogen) atoms. The Balaban J connectivity index is 2.16. The largest absolute Gasteiger partial charge is 0.463 e. The molecule has 1 aliphatic rings. The van der Waals surface area contributed by atoms with Gasteiger partial charge in [0.15, 0.2) is 0 Å². The number of carbonyl (C=O) groups is 1. The lowest BCUT2D eigenvalue weighted by atomic mass is 9.99. The van der Waals surface area contributed by atoms with E-state index in [2.05, 4.69) is 0 Å². The first-order valence-electron chi connectivity index (χ1n) is 4.39. The minimum absolute atomic E-state index is 0.0104. The standard InChI is InChI=1S/C9H16O3/c1-6(2)7(3)9(10)12-5-8-4-11-8/h6-8H,4-5H2,1-3H3. The van der Waals surface area contributed by atoms with Crippen molar-refractivity contribution in [2.45, 2.75) is 26.9 Å². The first-order valence-corrected chi connectivity index (χ1v) is 4.39. The Kier molecular flexibility index (Phi) is 3.09. The fraction of sp³-hybridized carbons (Fsp3) is 0.889. The highest BCUT2D eigenvalue weighted by atomic mass is 16.6. The van der Waals surface area contributed by atoms with Crippen molar-refractivity contribution in [2.24, 2.45) is 11.8 Å². The summed E-state index contributed by atoms with van der Waals surface area (Å²) >= 11 is 0. The topological polar surface area (TPSA) is 38.8 Å². The van der Waals surface area contributed by atoms with E-state index in [0.717, 1.165) is 6.61 Å². The molecule has 0 N–H and O–H groups in total. The molecule has 1 saturated heterocycles. The van der Waals surface area contributed by atoms with Crippen molar-refractivity contribution < 1.29 is 14.3 Å². The van der Waals surface area contributed by atoms with Crippen LogP contribution in [0.5, 0.6) is 0 Å². The van der Waals surface area contributed by atoms with Gasteiger partial charge in [0.2, 0.25) is 0 Å². The number of epoxide rings is 1. The van der Waals surface area contributed by atoms with E-state index in [4.69, 9.17) is 9.47 Å². The maximum absolute atomic E-state index is 11.2. The smallest absolute Gasteiger partial charge is 0.309 e. The van der Waals surface area contributed by atoms with Crippen molar-refractivity contribution in [3.8, 4) is 0 Å². The molecule has 2 unspecified atom stereocenters. The molecule has 0 radical (unpaired) electrons. The summed E-state index contributed by atoms with van der Waals surface area (Å²) in [6.45, 7) is 7.08. The van der Waals surface area contributed by atoms with Gasteiger partial charge in [-0.1, -0.05) is 20.8 Å². The molecule has 0 amide bonds. The molecule has 3 nitrogen and oxygen atoms in total. The molecule has 2 atom stereocenters. The second-order valence-corrected chi connectivity index (χ2v) is 3.62. The van der Waals surface area contributed by atoms with E-state index in [0.29, 0.717) is 12.5 Å². The van der Waals surface area contributed by atoms with E-state index in [9.17, 15) is 4.79 Å². The van der Waals surface area contributed by atoms with Crippen LogP contribution in [-0.4, -0.2) is 25.3 Å². The summed E-state index contributed by atoms with van der Waals surface area (Å²) in [5.74, 6) is 0.224. The van der Waals surface area contributed by atoms with Crippen LogP contribution in [0, 0.1) is 11.8 Å². The van der Waals surface area contributed by atoms with Crippen LogP contribution in [0.3, 0.4) is 0 Å². The number of hydrogen-bond acceptors (Lipinski definition) is 3. The van der Waals surface area contributed by atoms with Gasteiger partial charge in [-0.05, 0) is 5.92 Å². The molecular formula is C9H16O3. The van der Waals surface area contributed by atoms with E-state index in [1.165, 1.54) is 0 Å². The van der Waals surface area contributed by atoms with Crippen LogP contribution in [0.15, 0.2) is 0 Å². The Hall–Kier alpha value is -0.570. The predicted molar refractivity (Wildman–Crippen MR) is 44.7 cm³/mol. The molecule has 0 spiro atoms. The molecule has 1 rings (SSSR count). The van der Waals surface area contributed by atoms with Crippen LogP contribution in [0.4, 0.5) is 0 Å². The molecule has 0 aliphatic carbocycles. The Morgan fingerprint density at radius 1 is 1.58 bits per heavy atom. The second-order valence-electron chi connectivity index (χ2n) is 3.62. The minimum atomic E-state index is -0.111. The van der Waals surface area contributed by atoms with Crippen molar-refractivity contribution in [3.63, 3.8) is 0 Å². The van der Waals surface area contributed by atoms with Gasteiger partial charge < -0.3 is 9.47 Å². The van der Waals surface area contributed by atoms with Crippen molar-refractivity contribution in [1.29, 1.82) is 0 Å². The van der Waals surface area contributed by atoms with Gasteiger partial charge >= 0.3 is 5.97 Å². The molecular weight excluding hydrogens is 156 g/mol. The summed E-state index contributed by atoms with van der Waals surface area (Å²) in [5, 5.41) is 0. The van der Waals surface area contributed by atoms with Gasteiger partial charge in [0, 0.05) is 0 Å². The molecule has 1 aliphatic heterocycles. The molecule has 0 aromatic rings. The van der Waals surface area contributed by atoms with Crippen LogP contribution in [-0.2, 0) is 14.3 Å². The molecule has 1 heterocycles. The zero-order valence-electron chi connectivity index (χ0n) is 7.87. The van der Waals surface area contributed by atoms with Gasteiger partial charge in [-0.2, -0.15) is 0 Å². The molecule has 0 aromatic carbocycles. The van der Waals surface area contributed by atoms with Gasteiger partial charge in [-0.3, -0.25) is 4.79 Å². The monoisotopic (exact) mass is 172 g/mol. The highest BCUT2D eigenvalue weighted by Crippen LogP contribution is 2.14. The third-order valence-corrected chi connectivity index (χ3v) is 2.19. The number of esters is 1. The Bertz CT molecular complexity index is 161. The van der Waals surface area contributed by atoms with Crippen molar-refractivity contribution in [2.75, 3.05) is 13.2 Å². The fourth-order valence-corrected chi connectivity index (χ4v) is 0.743. The molecule has 0 saturated carbocycles. The average molecular weight is 172 g/mol. The lowest BCUT2D eigenvalue weighted by Gasteiger charge is -2.13. The van der Waals surface area contributed by atoms with Gasteiger partial charge in [0.05, 0.1) is 12.5 Å².